The molecule has 1 aliphatic heterocycles. The van der Waals surface area contributed by atoms with E-state index in [-0.39, 0.29) is 16.8 Å². The van der Waals surface area contributed by atoms with Crippen molar-refractivity contribution in [3.8, 4) is 0 Å². The van der Waals surface area contributed by atoms with Gasteiger partial charge < -0.3 is 4.42 Å². The van der Waals surface area contributed by atoms with Crippen LogP contribution in [0, 0.1) is 0 Å². The van der Waals surface area contributed by atoms with E-state index in [0.29, 0.717) is 12.1 Å². The number of nitrogens with one attached hydrogen (secondary N) is 2. The Balaban J connectivity index is 1.57. The first-order chi connectivity index (χ1) is 13.9. The van der Waals surface area contributed by atoms with E-state index in [1.54, 1.807) is 54.8 Å². The maximum Gasteiger partial charge on any atom is 0.411 e. The van der Waals surface area contributed by atoms with Crippen molar-refractivity contribution in [3.05, 3.63) is 84.3 Å². The molecule has 1 unspecified atom stereocenters. The van der Waals surface area contributed by atoms with Gasteiger partial charge in [0, 0.05) is 11.3 Å². The van der Waals surface area contributed by atoms with Gasteiger partial charge in [0.15, 0.2) is 0 Å². The third-order valence-corrected chi connectivity index (χ3v) is 6.07. The number of hydrogen-bond donors (Lipinski definition) is 2. The van der Waals surface area contributed by atoms with E-state index in [1.165, 1.54) is 23.7 Å². The summed E-state index contributed by atoms with van der Waals surface area (Å²) in [6.45, 7) is 1.49. The van der Waals surface area contributed by atoms with Crippen LogP contribution in [0.1, 0.15) is 30.7 Å². The number of carbonyl (C=O) groups is 1. The zero-order chi connectivity index (χ0) is 20.4. The molecule has 2 N–H and O–H groups in total. The van der Waals surface area contributed by atoms with E-state index in [0.717, 1.165) is 17.0 Å². The Kier molecular flexibility index (Phi) is 4.94. The lowest BCUT2D eigenvalue weighted by Crippen LogP contribution is -2.32. The summed E-state index contributed by atoms with van der Waals surface area (Å²) < 4.78 is 34.5. The molecule has 1 aliphatic rings. The summed E-state index contributed by atoms with van der Waals surface area (Å²) in [6, 6.07) is 18.7. The Morgan fingerprint density at radius 1 is 1.07 bits per heavy atom. The van der Waals surface area contributed by atoms with Crippen molar-refractivity contribution >= 4 is 27.3 Å². The molecule has 0 radical (unpaired) electrons. The van der Waals surface area contributed by atoms with Gasteiger partial charge in [-0.25, -0.2) is 13.2 Å². The predicted molar refractivity (Wildman–Crippen MR) is 108 cm³/mol. The van der Waals surface area contributed by atoms with E-state index in [2.05, 4.69) is 10.1 Å². The third kappa shape index (κ3) is 3.93. The van der Waals surface area contributed by atoms with Gasteiger partial charge in [0.2, 0.25) is 5.71 Å². The predicted octanol–water partition coefficient (Wildman–Crippen LogP) is 3.08. The number of rotatable bonds is 5. The van der Waals surface area contributed by atoms with Crippen LogP contribution in [0.2, 0.25) is 0 Å². The number of benzene rings is 2. The fraction of sp³-hybridized carbons (Fsp3) is 0.143. The van der Waals surface area contributed by atoms with Gasteiger partial charge >= 0.3 is 5.91 Å². The summed E-state index contributed by atoms with van der Waals surface area (Å²) in [6.07, 6.45) is 2.17. The number of hydrogen-bond acceptors (Lipinski definition) is 5. The molecule has 29 heavy (non-hydrogen) atoms. The molecular formula is C21H20N3O4S+. The average Bonchev–Trinajstić information content (AvgIpc) is 3.39. The molecule has 148 valence electrons. The van der Waals surface area contributed by atoms with E-state index in [4.69, 9.17) is 4.42 Å². The summed E-state index contributed by atoms with van der Waals surface area (Å²) in [5, 5.41) is 0. The first-order valence-corrected chi connectivity index (χ1v) is 10.6. The van der Waals surface area contributed by atoms with Gasteiger partial charge in [-0.3, -0.25) is 4.72 Å². The van der Waals surface area contributed by atoms with Gasteiger partial charge in [0.05, 0.1) is 24.5 Å². The molecule has 2 aromatic carbocycles. The summed E-state index contributed by atoms with van der Waals surface area (Å²) >= 11 is 0. The quantitative estimate of drug-likeness (QED) is 0.631. The molecule has 0 bridgehead atoms. The standard InChI is InChI=1S/C21H19N3O4S/c1-15(25)24-20(14-19(22-24)21-8-5-13-28-21)16-9-11-17(12-10-16)23-29(26,27)18-6-3-2-4-7-18/h2-13,19,22H,14H2,1H3/p+1. The van der Waals surface area contributed by atoms with Crippen LogP contribution in [-0.4, -0.2) is 24.7 Å². The second-order valence-corrected chi connectivity index (χ2v) is 8.38. The van der Waals surface area contributed by atoms with Gasteiger partial charge in [-0.15, -0.1) is 0 Å². The number of furan rings is 1. The Hall–Kier alpha value is -3.39. The highest BCUT2D eigenvalue weighted by Gasteiger charge is 2.37. The highest BCUT2D eigenvalue weighted by Crippen LogP contribution is 2.26. The first-order valence-electron chi connectivity index (χ1n) is 9.08. The smallest absolute Gasteiger partial charge is 0.411 e. The first kappa shape index (κ1) is 18.9. The molecule has 2 heterocycles. The van der Waals surface area contributed by atoms with Crippen LogP contribution in [0.4, 0.5) is 5.69 Å². The summed E-state index contributed by atoms with van der Waals surface area (Å²) in [5.74, 6) is 0.612. The molecule has 0 saturated heterocycles. The van der Waals surface area contributed by atoms with Gasteiger partial charge in [-0.1, -0.05) is 18.2 Å². The zero-order valence-corrected chi connectivity index (χ0v) is 16.5. The lowest BCUT2D eigenvalue weighted by Gasteiger charge is -2.08. The van der Waals surface area contributed by atoms with Crippen LogP contribution in [0.3, 0.4) is 0 Å². The van der Waals surface area contributed by atoms with Crippen molar-refractivity contribution in [3.63, 3.8) is 0 Å². The number of amides is 1. The van der Waals surface area contributed by atoms with Crippen LogP contribution in [-0.2, 0) is 14.8 Å². The largest absolute Gasteiger partial charge is 0.467 e. The Morgan fingerprint density at radius 3 is 2.41 bits per heavy atom. The van der Waals surface area contributed by atoms with Gasteiger partial charge in [-0.2, -0.15) is 5.43 Å². The Labute approximate surface area is 168 Å². The lowest BCUT2D eigenvalue weighted by atomic mass is 10.0. The van der Waals surface area contributed by atoms with Crippen molar-refractivity contribution < 1.29 is 22.3 Å². The highest BCUT2D eigenvalue weighted by atomic mass is 32.2. The second kappa shape index (κ2) is 7.56. The molecule has 0 aliphatic carbocycles. The van der Waals surface area contributed by atoms with Gasteiger partial charge in [-0.05, 0) is 53.2 Å². The minimum atomic E-state index is -3.65. The molecule has 3 aromatic rings. The van der Waals surface area contributed by atoms with Crippen LogP contribution in [0.15, 0.2) is 82.3 Å². The normalized spacial score (nSPS) is 16.5. The topological polar surface area (TPSA) is 91.4 Å². The molecule has 1 aromatic heterocycles. The number of carbonyl (C=O) groups excluding carboxylic acids is 1. The van der Waals surface area contributed by atoms with Crippen LogP contribution in [0.25, 0.3) is 0 Å². The Morgan fingerprint density at radius 2 is 1.79 bits per heavy atom. The maximum atomic E-state index is 12.5. The summed E-state index contributed by atoms with van der Waals surface area (Å²) in [5.41, 5.74) is 5.23. The zero-order valence-electron chi connectivity index (χ0n) is 15.7. The SMILES string of the molecule is CC(=O)[N+]1=C(c2ccc(NS(=O)(=O)c3ccccc3)cc2)CC(c2ccco2)N1. The minimum absolute atomic E-state index is 0.136. The fourth-order valence-electron chi connectivity index (χ4n) is 3.29. The molecule has 0 fully saturated rings. The third-order valence-electron chi connectivity index (χ3n) is 4.68. The number of nitrogens with zero attached hydrogens (tertiary/aromatic N) is 1. The number of anilines is 1. The average molecular weight is 410 g/mol. The van der Waals surface area contributed by atoms with Crippen molar-refractivity contribution in [2.24, 2.45) is 0 Å². The van der Waals surface area contributed by atoms with E-state index in [1.807, 2.05) is 6.07 Å². The lowest BCUT2D eigenvalue weighted by molar-refractivity contribution is -0.504. The van der Waals surface area contributed by atoms with Crippen LogP contribution in [0.5, 0.6) is 0 Å². The van der Waals surface area contributed by atoms with Crippen molar-refractivity contribution in [2.45, 2.75) is 24.3 Å². The fourth-order valence-corrected chi connectivity index (χ4v) is 4.37. The molecule has 7 nitrogen and oxygen atoms in total. The summed E-state index contributed by atoms with van der Waals surface area (Å²) in [7, 11) is -3.65. The van der Waals surface area contributed by atoms with Gasteiger partial charge in [0.1, 0.15) is 11.8 Å². The molecule has 8 heteroatoms. The number of sulfonamides is 1. The molecule has 1 amide bonds. The molecule has 0 spiro atoms. The highest BCUT2D eigenvalue weighted by molar-refractivity contribution is 7.92. The van der Waals surface area contributed by atoms with Gasteiger partial charge in [0.25, 0.3) is 10.0 Å². The van der Waals surface area contributed by atoms with E-state index < -0.39 is 10.0 Å². The Bertz CT molecular complexity index is 1150. The van der Waals surface area contributed by atoms with Crippen molar-refractivity contribution in [1.29, 1.82) is 0 Å². The monoisotopic (exact) mass is 410 g/mol. The van der Waals surface area contributed by atoms with Crippen molar-refractivity contribution in [2.75, 3.05) is 4.72 Å². The second-order valence-electron chi connectivity index (χ2n) is 6.70. The van der Waals surface area contributed by atoms with Crippen LogP contribution < -0.4 is 10.1 Å². The number of hydrazine groups is 1. The number of hydrazone groups is 1. The molecule has 4 rings (SSSR count). The molecule has 0 saturated carbocycles. The molecular weight excluding hydrogens is 390 g/mol. The minimum Gasteiger partial charge on any atom is -0.467 e. The van der Waals surface area contributed by atoms with E-state index in [9.17, 15) is 13.2 Å². The van der Waals surface area contributed by atoms with Crippen molar-refractivity contribution in [1.82, 2.24) is 5.43 Å². The maximum absolute atomic E-state index is 12.5. The van der Waals surface area contributed by atoms with E-state index >= 15 is 0 Å². The summed E-state index contributed by atoms with van der Waals surface area (Å²) in [4.78, 5) is 12.3. The van der Waals surface area contributed by atoms with Crippen LogP contribution >= 0.6 is 0 Å². The molecule has 1 atom stereocenters.